The highest BCUT2D eigenvalue weighted by Gasteiger charge is 2.25. The molecule has 0 rings (SSSR count). The largest absolute Gasteiger partial charge is 0.464 e. The van der Waals surface area contributed by atoms with Crippen LogP contribution in [0.2, 0.25) is 0 Å². The molecule has 0 aliphatic carbocycles. The first-order valence-electron chi connectivity index (χ1n) is 4.38. The average Bonchev–Trinajstić information content (AvgIpc) is 1.96. The van der Waals surface area contributed by atoms with Crippen LogP contribution in [-0.4, -0.2) is 23.3 Å². The van der Waals surface area contributed by atoms with E-state index in [9.17, 15) is 4.79 Å². The molecule has 0 aliphatic rings. The average molecular weight is 174 g/mol. The van der Waals surface area contributed by atoms with Gasteiger partial charge in [-0.3, -0.25) is 0 Å². The molecule has 0 aromatic carbocycles. The molecule has 0 unspecified atom stereocenters. The van der Waals surface area contributed by atoms with Crippen molar-refractivity contribution in [2.24, 2.45) is 0 Å². The first-order chi connectivity index (χ1) is 5.48. The van der Waals surface area contributed by atoms with Gasteiger partial charge in [-0.25, -0.2) is 4.79 Å². The number of aliphatic hydroxyl groups is 1. The number of ether oxygens (including phenoxy) is 1. The molecule has 3 heteroatoms. The molecule has 1 N–H and O–H groups in total. The molecule has 0 saturated carbocycles. The second-order valence-corrected chi connectivity index (χ2v) is 3.40. The smallest absolute Gasteiger partial charge is 0.337 e. The van der Waals surface area contributed by atoms with Gasteiger partial charge in [0.25, 0.3) is 0 Å². The normalized spacial score (nSPS) is 11.3. The van der Waals surface area contributed by atoms with Crippen molar-refractivity contribution in [1.29, 1.82) is 0 Å². The van der Waals surface area contributed by atoms with Crippen molar-refractivity contribution in [3.63, 3.8) is 0 Å². The predicted octanol–water partition coefficient (Wildman–Crippen LogP) is 1.49. The Morgan fingerprint density at radius 3 is 2.42 bits per heavy atom. The van der Waals surface area contributed by atoms with Crippen LogP contribution in [0.3, 0.4) is 0 Å². The van der Waals surface area contributed by atoms with Gasteiger partial charge >= 0.3 is 5.97 Å². The first kappa shape index (κ1) is 11.4. The quantitative estimate of drug-likeness (QED) is 0.507. The minimum Gasteiger partial charge on any atom is -0.464 e. The Morgan fingerprint density at radius 1 is 1.42 bits per heavy atom. The number of hydrogen-bond donors (Lipinski definition) is 1. The second-order valence-electron chi connectivity index (χ2n) is 3.40. The van der Waals surface area contributed by atoms with Crippen molar-refractivity contribution < 1.29 is 14.6 Å². The van der Waals surface area contributed by atoms with E-state index >= 15 is 0 Å². The lowest BCUT2D eigenvalue weighted by molar-refractivity contribution is -0.161. The van der Waals surface area contributed by atoms with Crippen LogP contribution in [0.1, 0.15) is 40.0 Å². The third-order valence-corrected chi connectivity index (χ3v) is 1.48. The number of unbranched alkanes of at least 4 members (excludes halogenated alkanes) is 2. The Morgan fingerprint density at radius 2 is 2.00 bits per heavy atom. The third kappa shape index (κ3) is 5.13. The van der Waals surface area contributed by atoms with Gasteiger partial charge in [-0.1, -0.05) is 19.8 Å². The number of carbonyl (C=O) groups excluding carboxylic acids is 1. The van der Waals surface area contributed by atoms with E-state index in [1.54, 1.807) is 0 Å². The van der Waals surface area contributed by atoms with E-state index in [1.807, 2.05) is 0 Å². The Bertz CT molecular complexity index is 135. The van der Waals surface area contributed by atoms with Gasteiger partial charge < -0.3 is 9.84 Å². The number of esters is 1. The maximum Gasteiger partial charge on any atom is 0.337 e. The third-order valence-electron chi connectivity index (χ3n) is 1.48. The monoisotopic (exact) mass is 174 g/mol. The zero-order valence-corrected chi connectivity index (χ0v) is 8.09. The summed E-state index contributed by atoms with van der Waals surface area (Å²) in [5.41, 5.74) is -1.35. The van der Waals surface area contributed by atoms with Crippen molar-refractivity contribution in [1.82, 2.24) is 0 Å². The molecule has 0 atom stereocenters. The Hall–Kier alpha value is -0.570. The van der Waals surface area contributed by atoms with Gasteiger partial charge in [-0.15, -0.1) is 0 Å². The van der Waals surface area contributed by atoms with Gasteiger partial charge in [0.2, 0.25) is 0 Å². The van der Waals surface area contributed by atoms with Crippen LogP contribution in [0.5, 0.6) is 0 Å². The molecule has 0 aliphatic heterocycles. The van der Waals surface area contributed by atoms with Gasteiger partial charge in [0.05, 0.1) is 6.61 Å². The zero-order chi connectivity index (χ0) is 9.61. The van der Waals surface area contributed by atoms with Crippen LogP contribution in [0.15, 0.2) is 0 Å². The predicted molar refractivity (Wildman–Crippen MR) is 46.8 cm³/mol. The Labute approximate surface area is 73.7 Å². The molecule has 0 spiro atoms. The lowest BCUT2D eigenvalue weighted by Gasteiger charge is -2.15. The van der Waals surface area contributed by atoms with E-state index in [0.717, 1.165) is 19.3 Å². The molecule has 12 heavy (non-hydrogen) atoms. The van der Waals surface area contributed by atoms with E-state index in [4.69, 9.17) is 9.84 Å². The summed E-state index contributed by atoms with van der Waals surface area (Å²) >= 11 is 0. The highest BCUT2D eigenvalue weighted by molar-refractivity contribution is 5.78. The van der Waals surface area contributed by atoms with Gasteiger partial charge in [-0.05, 0) is 20.3 Å². The summed E-state index contributed by atoms with van der Waals surface area (Å²) in [6.07, 6.45) is 3.03. The van der Waals surface area contributed by atoms with E-state index in [0.29, 0.717) is 6.61 Å². The number of carbonyl (C=O) groups is 1. The molecular weight excluding hydrogens is 156 g/mol. The lowest BCUT2D eigenvalue weighted by atomic mass is 10.1. The summed E-state index contributed by atoms with van der Waals surface area (Å²) < 4.78 is 4.82. The molecule has 0 aromatic rings. The van der Waals surface area contributed by atoms with Crippen molar-refractivity contribution in [2.45, 2.75) is 45.6 Å². The number of hydrogen-bond acceptors (Lipinski definition) is 3. The standard InChI is InChI=1S/C9H18O3/c1-4-5-6-7-12-8(10)9(2,3)11/h11H,4-7H2,1-3H3. The molecule has 0 amide bonds. The second kappa shape index (κ2) is 5.14. The summed E-state index contributed by atoms with van der Waals surface area (Å²) in [7, 11) is 0. The SMILES string of the molecule is CCCCCOC(=O)C(C)(C)O. The summed E-state index contributed by atoms with van der Waals surface area (Å²) in [5.74, 6) is -0.543. The Kier molecular flexibility index (Phi) is 4.90. The van der Waals surface area contributed by atoms with Crippen LogP contribution < -0.4 is 0 Å². The summed E-state index contributed by atoms with van der Waals surface area (Å²) in [4.78, 5) is 11.0. The highest BCUT2D eigenvalue weighted by Crippen LogP contribution is 2.04. The summed E-state index contributed by atoms with van der Waals surface area (Å²) in [6, 6.07) is 0. The molecule has 0 heterocycles. The Balaban J connectivity index is 3.45. The molecule has 0 saturated heterocycles. The molecule has 0 fully saturated rings. The van der Waals surface area contributed by atoms with Crippen LogP contribution in [-0.2, 0) is 9.53 Å². The summed E-state index contributed by atoms with van der Waals surface area (Å²) in [6.45, 7) is 5.35. The fourth-order valence-electron chi connectivity index (χ4n) is 0.694. The van der Waals surface area contributed by atoms with Crippen molar-refractivity contribution in [3.8, 4) is 0 Å². The van der Waals surface area contributed by atoms with Gasteiger partial charge in [0.15, 0.2) is 5.60 Å². The molecule has 72 valence electrons. The van der Waals surface area contributed by atoms with Crippen LogP contribution in [0.25, 0.3) is 0 Å². The maximum absolute atomic E-state index is 11.0. The molecule has 3 nitrogen and oxygen atoms in total. The van der Waals surface area contributed by atoms with Gasteiger partial charge in [-0.2, -0.15) is 0 Å². The van der Waals surface area contributed by atoms with Crippen molar-refractivity contribution in [2.75, 3.05) is 6.61 Å². The van der Waals surface area contributed by atoms with Crippen LogP contribution >= 0.6 is 0 Å². The lowest BCUT2D eigenvalue weighted by Crippen LogP contribution is -2.33. The van der Waals surface area contributed by atoms with Crippen molar-refractivity contribution >= 4 is 5.97 Å². The fourth-order valence-corrected chi connectivity index (χ4v) is 0.694. The maximum atomic E-state index is 11.0. The minimum absolute atomic E-state index is 0.413. The molecule has 0 bridgehead atoms. The molecule has 0 radical (unpaired) electrons. The first-order valence-corrected chi connectivity index (χ1v) is 4.38. The van der Waals surface area contributed by atoms with E-state index in [1.165, 1.54) is 13.8 Å². The fraction of sp³-hybridized carbons (Fsp3) is 0.889. The topological polar surface area (TPSA) is 46.5 Å². The van der Waals surface area contributed by atoms with E-state index in [2.05, 4.69) is 6.92 Å². The zero-order valence-electron chi connectivity index (χ0n) is 8.09. The minimum atomic E-state index is -1.35. The van der Waals surface area contributed by atoms with Gasteiger partial charge in [0, 0.05) is 0 Å². The molecular formula is C9H18O3. The highest BCUT2D eigenvalue weighted by atomic mass is 16.5. The van der Waals surface area contributed by atoms with Crippen LogP contribution in [0, 0.1) is 0 Å². The molecule has 0 aromatic heterocycles. The summed E-state index contributed by atoms with van der Waals surface area (Å²) in [5, 5.41) is 9.17. The van der Waals surface area contributed by atoms with Crippen molar-refractivity contribution in [3.05, 3.63) is 0 Å². The number of rotatable bonds is 5. The van der Waals surface area contributed by atoms with Gasteiger partial charge in [0.1, 0.15) is 0 Å². The van der Waals surface area contributed by atoms with E-state index in [-0.39, 0.29) is 0 Å². The van der Waals surface area contributed by atoms with Crippen LogP contribution in [0.4, 0.5) is 0 Å². The van der Waals surface area contributed by atoms with E-state index < -0.39 is 11.6 Å².